The van der Waals surface area contributed by atoms with Crippen LogP contribution in [-0.2, 0) is 28.7 Å². The molecule has 288 valence electrons. The zero-order valence-electron chi connectivity index (χ0n) is 34.0. The number of fused-ring (bicyclic) bond motifs is 7. The Hall–Kier alpha value is -1.95. The van der Waals surface area contributed by atoms with E-state index in [0.717, 1.165) is 51.0 Å². The molecule has 1 aromatic carbocycles. The number of Topliss-reactive ketones (excluding diaryl/α,β-unsaturated/α-hetero) is 1. The number of ether oxygens (including phenoxy) is 1. The van der Waals surface area contributed by atoms with E-state index in [1.54, 1.807) is 0 Å². The van der Waals surface area contributed by atoms with Gasteiger partial charge in [0.2, 0.25) is 5.91 Å². The van der Waals surface area contributed by atoms with Crippen molar-refractivity contribution in [3.05, 3.63) is 42.0 Å². The van der Waals surface area contributed by atoms with E-state index in [1.165, 1.54) is 30.4 Å². The molecule has 12 heteroatoms. The SMILES string of the molecule is CC1(C)CC[C@]2(C(=O)[O-])CC[C@]3(COC(=O)/C=C/c4c([O-])cccc4NC(=O)/C=C/C(=O)O)C(CCC4[C@@]5(C)CCC(=O)C(C)(C)C5CC[C@]43C)C2C1.[Na+].[Na+]. The molecule has 4 unspecified atom stereocenters. The van der Waals surface area contributed by atoms with Gasteiger partial charge >= 0.3 is 71.1 Å². The van der Waals surface area contributed by atoms with Crippen LogP contribution >= 0.6 is 0 Å². The number of nitrogens with one attached hydrogen (secondary N) is 1. The van der Waals surface area contributed by atoms with E-state index in [2.05, 4.69) is 46.9 Å². The minimum absolute atomic E-state index is 0. The Morgan fingerprint density at radius 1 is 0.873 bits per heavy atom. The third-order valence-electron chi connectivity index (χ3n) is 15.6. The molecule has 0 saturated heterocycles. The van der Waals surface area contributed by atoms with Gasteiger partial charge in [0.25, 0.3) is 0 Å². The van der Waals surface area contributed by atoms with Crippen molar-refractivity contribution in [2.45, 2.75) is 112 Å². The summed E-state index contributed by atoms with van der Waals surface area (Å²) in [6, 6.07) is 4.24. The molecule has 5 aliphatic carbocycles. The molecule has 0 heterocycles. The molecule has 0 aliphatic heterocycles. The van der Waals surface area contributed by atoms with E-state index in [4.69, 9.17) is 9.84 Å². The Kier molecular flexibility index (Phi) is 13.6. The molecular weight excluding hydrogens is 720 g/mol. The third-order valence-corrected chi connectivity index (χ3v) is 15.6. The van der Waals surface area contributed by atoms with Gasteiger partial charge in [-0.25, -0.2) is 9.59 Å². The minimum Gasteiger partial charge on any atom is -0.872 e. The van der Waals surface area contributed by atoms with Crippen LogP contribution in [0, 0.1) is 56.2 Å². The van der Waals surface area contributed by atoms with Gasteiger partial charge in [-0.2, -0.15) is 0 Å². The molecule has 0 bridgehead atoms. The summed E-state index contributed by atoms with van der Waals surface area (Å²) in [5, 5.41) is 37.4. The summed E-state index contributed by atoms with van der Waals surface area (Å²) in [5.74, 6) is -3.41. The number of anilines is 1. The number of aliphatic carboxylic acids is 2. The van der Waals surface area contributed by atoms with E-state index in [0.29, 0.717) is 37.5 Å². The number of ketones is 1. The molecule has 0 radical (unpaired) electrons. The number of carboxylic acids is 2. The standard InChI is InChI=1S/C43H57NO9.2Na/c1-38(2)20-21-42(37(51)52)22-23-43(25-53-36(50)15-10-26-29(8-7-9-30(26)45)44-34(47)13-14-35(48)49)27(28(42)24-38)11-12-32-40(5)18-17-33(46)39(3,4)31(40)16-19-41(32,43)6;;/h7-10,13-15,27-28,31-32,45H,11-12,16-25H2,1-6H3,(H,44,47)(H,48,49)(H,51,52);;/q;2*+1/p-2/b14-13+,15-10+;;/t27?,28?,31?,32?,40-,41+,42-,43-;;/m0../s1. The second-order valence-corrected chi connectivity index (χ2v) is 18.8. The van der Waals surface area contributed by atoms with E-state index in [-0.39, 0.29) is 117 Å². The smallest absolute Gasteiger partial charge is 0.872 e. The van der Waals surface area contributed by atoms with Gasteiger partial charge in [-0.3, -0.25) is 9.59 Å². The number of esters is 1. The summed E-state index contributed by atoms with van der Waals surface area (Å²) in [6.45, 7) is 13.5. The zero-order valence-corrected chi connectivity index (χ0v) is 38.0. The number of rotatable bonds is 8. The van der Waals surface area contributed by atoms with Gasteiger partial charge in [0.1, 0.15) is 5.78 Å². The van der Waals surface area contributed by atoms with E-state index < -0.39 is 45.8 Å². The molecule has 5 fully saturated rings. The van der Waals surface area contributed by atoms with Crippen LogP contribution in [-0.4, -0.2) is 41.3 Å². The minimum atomic E-state index is -1.30. The molecule has 55 heavy (non-hydrogen) atoms. The summed E-state index contributed by atoms with van der Waals surface area (Å²) in [6.07, 6.45) is 12.1. The summed E-state index contributed by atoms with van der Waals surface area (Å²) in [5.41, 5.74) is -2.12. The molecule has 6 rings (SSSR count). The van der Waals surface area contributed by atoms with Crippen LogP contribution in [0.25, 0.3) is 6.08 Å². The molecule has 1 aromatic rings. The van der Waals surface area contributed by atoms with Crippen molar-refractivity contribution in [3.8, 4) is 5.75 Å². The molecule has 5 saturated carbocycles. The van der Waals surface area contributed by atoms with Gasteiger partial charge in [-0.1, -0.05) is 59.4 Å². The maximum Gasteiger partial charge on any atom is 1.00 e. The summed E-state index contributed by atoms with van der Waals surface area (Å²) in [7, 11) is 0. The third kappa shape index (κ3) is 7.83. The quantitative estimate of drug-likeness (QED) is 0.211. The zero-order chi connectivity index (χ0) is 38.8. The van der Waals surface area contributed by atoms with E-state index in [1.807, 2.05) is 0 Å². The van der Waals surface area contributed by atoms with Crippen LogP contribution in [0.1, 0.15) is 118 Å². The monoisotopic (exact) mass is 775 g/mol. The second kappa shape index (κ2) is 16.4. The summed E-state index contributed by atoms with van der Waals surface area (Å²) in [4.78, 5) is 63.3. The van der Waals surface area contributed by atoms with Crippen LogP contribution in [0.2, 0.25) is 0 Å². The van der Waals surface area contributed by atoms with E-state index in [9.17, 15) is 34.2 Å². The number of carbonyl (C=O) groups is 5. The van der Waals surface area contributed by atoms with Crippen LogP contribution in [0.3, 0.4) is 0 Å². The maximum absolute atomic E-state index is 13.7. The fourth-order valence-electron chi connectivity index (χ4n) is 12.9. The summed E-state index contributed by atoms with van der Waals surface area (Å²) < 4.78 is 6.25. The molecule has 10 nitrogen and oxygen atoms in total. The number of hydrogen-bond acceptors (Lipinski definition) is 8. The molecule has 0 spiro atoms. The van der Waals surface area contributed by atoms with Crippen molar-refractivity contribution in [1.82, 2.24) is 0 Å². The predicted molar refractivity (Wildman–Crippen MR) is 195 cm³/mol. The Bertz CT molecular complexity index is 1770. The average Bonchev–Trinajstić information content (AvgIpc) is 3.07. The Morgan fingerprint density at radius 2 is 1.56 bits per heavy atom. The largest absolute Gasteiger partial charge is 1.00 e. The van der Waals surface area contributed by atoms with Gasteiger partial charge in [-0.05, 0) is 122 Å². The van der Waals surface area contributed by atoms with E-state index >= 15 is 0 Å². The van der Waals surface area contributed by atoms with Crippen LogP contribution in [0.15, 0.2) is 36.4 Å². The molecule has 1 amide bonds. The number of carboxylic acid groups (broad SMARTS) is 2. The normalized spacial score (nSPS) is 35.8. The predicted octanol–water partition coefficient (Wildman–Crippen LogP) is 0.0846. The van der Waals surface area contributed by atoms with Gasteiger partial charge < -0.3 is 30.2 Å². The Labute approximate surface area is 369 Å². The second-order valence-electron chi connectivity index (χ2n) is 18.8. The first-order valence-electron chi connectivity index (χ1n) is 19.3. The molecular formula is C43H55NNa2O9. The van der Waals surface area contributed by atoms with Crippen molar-refractivity contribution < 1.29 is 103 Å². The fourth-order valence-corrected chi connectivity index (χ4v) is 12.9. The number of carbonyl (C=O) groups excluding carboxylic acids is 4. The van der Waals surface area contributed by atoms with Crippen LogP contribution < -0.4 is 74.6 Å². The van der Waals surface area contributed by atoms with Crippen LogP contribution in [0.5, 0.6) is 5.75 Å². The first-order valence-corrected chi connectivity index (χ1v) is 19.3. The first-order chi connectivity index (χ1) is 24.7. The maximum atomic E-state index is 13.7. The number of amides is 1. The van der Waals surface area contributed by atoms with Gasteiger partial charge in [0.15, 0.2) is 0 Å². The van der Waals surface area contributed by atoms with Crippen molar-refractivity contribution in [3.63, 3.8) is 0 Å². The summed E-state index contributed by atoms with van der Waals surface area (Å²) >= 11 is 0. The number of hydrogen-bond donors (Lipinski definition) is 2. The van der Waals surface area contributed by atoms with Crippen molar-refractivity contribution in [1.29, 1.82) is 0 Å². The van der Waals surface area contributed by atoms with Gasteiger partial charge in [-0.15, -0.1) is 0 Å². The topological polar surface area (TPSA) is 173 Å². The number of benzene rings is 1. The average molecular weight is 776 g/mol. The molecule has 0 aromatic heterocycles. The molecule has 5 aliphatic rings. The van der Waals surface area contributed by atoms with Crippen molar-refractivity contribution in [2.24, 2.45) is 56.2 Å². The van der Waals surface area contributed by atoms with Crippen molar-refractivity contribution >= 4 is 41.4 Å². The Morgan fingerprint density at radius 3 is 2.24 bits per heavy atom. The molecule has 8 atom stereocenters. The van der Waals surface area contributed by atoms with Gasteiger partial charge in [0, 0.05) is 52.6 Å². The van der Waals surface area contributed by atoms with Crippen LogP contribution in [0.4, 0.5) is 5.69 Å². The van der Waals surface area contributed by atoms with Gasteiger partial charge in [0.05, 0.1) is 6.61 Å². The first kappa shape index (κ1) is 45.7. The van der Waals surface area contributed by atoms with Crippen molar-refractivity contribution in [2.75, 3.05) is 11.9 Å². The molecule has 2 N–H and O–H groups in total. The Balaban J connectivity index is 0.00000336. The fraction of sp³-hybridized carbons (Fsp3) is 0.651.